The molecule has 0 bridgehead atoms. The van der Waals surface area contributed by atoms with Crippen LogP contribution in [0.5, 0.6) is 11.5 Å². The summed E-state index contributed by atoms with van der Waals surface area (Å²) in [7, 11) is 3.09. The Bertz CT molecular complexity index is 860. The van der Waals surface area contributed by atoms with Crippen LogP contribution >= 0.6 is 11.3 Å². The number of carbonyl (C=O) groups excluding carboxylic acids is 1. The Balaban J connectivity index is 1.52. The van der Waals surface area contributed by atoms with Crippen LogP contribution in [-0.2, 0) is 16.1 Å². The molecule has 0 radical (unpaired) electrons. The number of anilines is 1. The molecule has 136 valence electrons. The molecule has 0 aliphatic rings. The van der Waals surface area contributed by atoms with Gasteiger partial charge in [-0.3, -0.25) is 4.79 Å². The molecule has 3 rings (SSSR count). The second kappa shape index (κ2) is 8.50. The lowest BCUT2D eigenvalue weighted by atomic mass is 10.2. The second-order valence-electron chi connectivity index (χ2n) is 5.27. The third kappa shape index (κ3) is 4.41. The van der Waals surface area contributed by atoms with Gasteiger partial charge in [-0.15, -0.1) is 11.3 Å². The minimum absolute atomic E-state index is 0.123. The predicted molar refractivity (Wildman–Crippen MR) is 97.6 cm³/mol. The van der Waals surface area contributed by atoms with Crippen molar-refractivity contribution in [2.45, 2.75) is 6.61 Å². The minimum Gasteiger partial charge on any atom is -0.497 e. The van der Waals surface area contributed by atoms with Crippen LogP contribution in [0.25, 0.3) is 10.6 Å². The lowest BCUT2D eigenvalue weighted by Gasteiger charge is -2.11. The van der Waals surface area contributed by atoms with E-state index in [0.717, 1.165) is 4.88 Å². The minimum atomic E-state index is -0.307. The van der Waals surface area contributed by atoms with Crippen molar-refractivity contribution in [3.63, 3.8) is 0 Å². The third-order valence-electron chi connectivity index (χ3n) is 3.49. The maximum Gasteiger partial charge on any atom is 0.250 e. The molecule has 0 spiro atoms. The van der Waals surface area contributed by atoms with E-state index < -0.39 is 0 Å². The fraction of sp³-hybridized carbons (Fsp3) is 0.222. The molecule has 2 heterocycles. The molecule has 0 unspecified atom stereocenters. The molecular weight excluding hydrogens is 356 g/mol. The van der Waals surface area contributed by atoms with Gasteiger partial charge in [-0.1, -0.05) is 11.2 Å². The topological polar surface area (TPSA) is 82.8 Å². The predicted octanol–water partition coefficient (Wildman–Crippen LogP) is 3.58. The highest BCUT2D eigenvalue weighted by Gasteiger charge is 2.11. The number of rotatable bonds is 8. The number of aromatic nitrogens is 1. The Morgan fingerprint density at radius 1 is 1.23 bits per heavy atom. The molecule has 0 atom stereocenters. The highest BCUT2D eigenvalue weighted by atomic mass is 32.1. The second-order valence-corrected chi connectivity index (χ2v) is 6.21. The van der Waals surface area contributed by atoms with E-state index in [0.29, 0.717) is 28.6 Å². The molecule has 0 aliphatic heterocycles. The zero-order valence-corrected chi connectivity index (χ0v) is 15.2. The van der Waals surface area contributed by atoms with Gasteiger partial charge in [0.25, 0.3) is 0 Å². The summed E-state index contributed by atoms with van der Waals surface area (Å²) in [6.07, 6.45) is 0. The van der Waals surface area contributed by atoms with E-state index >= 15 is 0 Å². The summed E-state index contributed by atoms with van der Waals surface area (Å²) in [5.41, 5.74) is 1.14. The molecule has 1 amide bonds. The van der Waals surface area contributed by atoms with Gasteiger partial charge in [-0.2, -0.15) is 0 Å². The van der Waals surface area contributed by atoms with Crippen molar-refractivity contribution in [3.05, 3.63) is 47.5 Å². The van der Waals surface area contributed by atoms with Crippen LogP contribution in [0.15, 0.2) is 46.3 Å². The first kappa shape index (κ1) is 18.0. The van der Waals surface area contributed by atoms with Crippen LogP contribution in [0.4, 0.5) is 5.69 Å². The van der Waals surface area contributed by atoms with Gasteiger partial charge in [0.1, 0.15) is 23.8 Å². The molecular formula is C18H18N2O5S. The molecule has 0 fully saturated rings. The van der Waals surface area contributed by atoms with E-state index in [-0.39, 0.29) is 19.1 Å². The summed E-state index contributed by atoms with van der Waals surface area (Å²) in [6.45, 7) is 0.0547. The molecule has 0 saturated carbocycles. The summed E-state index contributed by atoms with van der Waals surface area (Å²) in [6, 6.07) is 10.8. The summed E-state index contributed by atoms with van der Waals surface area (Å²) < 4.78 is 21.1. The van der Waals surface area contributed by atoms with E-state index in [4.69, 9.17) is 18.7 Å². The van der Waals surface area contributed by atoms with Crippen LogP contribution < -0.4 is 14.8 Å². The number of methoxy groups -OCH3 is 2. The first-order valence-electron chi connectivity index (χ1n) is 7.78. The van der Waals surface area contributed by atoms with E-state index in [1.807, 2.05) is 17.5 Å². The monoisotopic (exact) mass is 374 g/mol. The summed E-state index contributed by atoms with van der Waals surface area (Å²) in [5.74, 6) is 1.53. The Morgan fingerprint density at radius 3 is 2.85 bits per heavy atom. The first-order chi connectivity index (χ1) is 12.7. The zero-order chi connectivity index (χ0) is 18.4. The number of nitrogens with zero attached hydrogens (tertiary/aromatic N) is 1. The van der Waals surface area contributed by atoms with Crippen molar-refractivity contribution in [3.8, 4) is 22.1 Å². The number of ether oxygens (including phenoxy) is 3. The fourth-order valence-electron chi connectivity index (χ4n) is 2.26. The zero-order valence-electron chi connectivity index (χ0n) is 14.4. The highest BCUT2D eigenvalue weighted by Crippen LogP contribution is 2.29. The molecule has 0 saturated heterocycles. The number of nitrogens with one attached hydrogen (secondary N) is 1. The van der Waals surface area contributed by atoms with Crippen molar-refractivity contribution in [2.24, 2.45) is 0 Å². The highest BCUT2D eigenvalue weighted by molar-refractivity contribution is 7.13. The van der Waals surface area contributed by atoms with Crippen LogP contribution in [0.1, 0.15) is 5.69 Å². The maximum absolute atomic E-state index is 12.1. The Hall–Kier alpha value is -2.84. The SMILES string of the molecule is COc1ccc(OC)c(NC(=O)COCc2cc(-c3cccs3)on2)c1. The number of hydrogen-bond acceptors (Lipinski definition) is 7. The first-order valence-corrected chi connectivity index (χ1v) is 8.66. The average molecular weight is 374 g/mol. The number of amides is 1. The van der Waals surface area contributed by atoms with Crippen LogP contribution in [-0.4, -0.2) is 31.9 Å². The number of benzene rings is 1. The van der Waals surface area contributed by atoms with Gasteiger partial charge in [0, 0.05) is 12.1 Å². The van der Waals surface area contributed by atoms with Gasteiger partial charge < -0.3 is 24.1 Å². The van der Waals surface area contributed by atoms with Gasteiger partial charge in [-0.05, 0) is 23.6 Å². The van der Waals surface area contributed by atoms with Gasteiger partial charge >= 0.3 is 0 Å². The molecule has 1 aromatic carbocycles. The molecule has 0 aliphatic carbocycles. The quantitative estimate of drug-likeness (QED) is 0.649. The number of hydrogen-bond donors (Lipinski definition) is 1. The van der Waals surface area contributed by atoms with E-state index in [1.165, 1.54) is 7.11 Å². The largest absolute Gasteiger partial charge is 0.497 e. The van der Waals surface area contributed by atoms with Crippen LogP contribution in [0.3, 0.4) is 0 Å². The van der Waals surface area contributed by atoms with Gasteiger partial charge in [0.05, 0.1) is 31.4 Å². The van der Waals surface area contributed by atoms with E-state index in [1.54, 1.807) is 42.7 Å². The van der Waals surface area contributed by atoms with E-state index in [2.05, 4.69) is 10.5 Å². The van der Waals surface area contributed by atoms with Crippen LogP contribution in [0, 0.1) is 0 Å². The Morgan fingerprint density at radius 2 is 2.12 bits per heavy atom. The van der Waals surface area contributed by atoms with Crippen molar-refractivity contribution in [1.82, 2.24) is 5.16 Å². The van der Waals surface area contributed by atoms with E-state index in [9.17, 15) is 4.79 Å². The summed E-state index contributed by atoms with van der Waals surface area (Å²) in [5, 5.41) is 8.64. The van der Waals surface area contributed by atoms with Gasteiger partial charge in [0.2, 0.25) is 5.91 Å². The standard InChI is InChI=1S/C18H18N2O5S/c1-22-13-5-6-15(23-2)14(9-13)19-18(21)11-24-10-12-8-16(25-20-12)17-4-3-7-26-17/h3-9H,10-11H2,1-2H3,(H,19,21). The fourth-order valence-corrected chi connectivity index (χ4v) is 2.93. The molecule has 8 heteroatoms. The smallest absolute Gasteiger partial charge is 0.250 e. The number of carbonyl (C=O) groups is 1. The lowest BCUT2D eigenvalue weighted by molar-refractivity contribution is -0.121. The molecule has 2 aromatic heterocycles. The summed E-state index contributed by atoms with van der Waals surface area (Å²) >= 11 is 1.56. The molecule has 26 heavy (non-hydrogen) atoms. The third-order valence-corrected chi connectivity index (χ3v) is 4.37. The molecule has 1 N–H and O–H groups in total. The van der Waals surface area contributed by atoms with Gasteiger partial charge in [0.15, 0.2) is 5.76 Å². The van der Waals surface area contributed by atoms with Crippen molar-refractivity contribution in [2.75, 3.05) is 26.1 Å². The lowest BCUT2D eigenvalue weighted by Crippen LogP contribution is -2.18. The number of thiophene rings is 1. The normalized spacial score (nSPS) is 10.5. The van der Waals surface area contributed by atoms with Crippen molar-refractivity contribution < 1.29 is 23.5 Å². The maximum atomic E-state index is 12.1. The average Bonchev–Trinajstić information content (AvgIpc) is 3.33. The molecule has 3 aromatic rings. The summed E-state index contributed by atoms with van der Waals surface area (Å²) in [4.78, 5) is 13.1. The van der Waals surface area contributed by atoms with Crippen molar-refractivity contribution >= 4 is 22.9 Å². The van der Waals surface area contributed by atoms with Gasteiger partial charge in [-0.25, -0.2) is 0 Å². The van der Waals surface area contributed by atoms with Crippen molar-refractivity contribution in [1.29, 1.82) is 0 Å². The Labute approximate surface area is 154 Å². The van der Waals surface area contributed by atoms with Crippen LogP contribution in [0.2, 0.25) is 0 Å². The Kier molecular flexibility index (Phi) is 5.88. The molecule has 7 nitrogen and oxygen atoms in total.